The number of carboxylic acid groups (broad SMARTS) is 4. The van der Waals surface area contributed by atoms with Crippen molar-refractivity contribution in [2.24, 2.45) is 40.7 Å². The van der Waals surface area contributed by atoms with Gasteiger partial charge in [-0.3, -0.25) is 111 Å². The largest absolute Gasteiger partial charge is 0.481 e. The number of primary amides is 2. The van der Waals surface area contributed by atoms with Crippen molar-refractivity contribution in [2.75, 3.05) is 32.8 Å². The van der Waals surface area contributed by atoms with Crippen molar-refractivity contribution in [3.63, 3.8) is 0 Å². The van der Waals surface area contributed by atoms with Gasteiger partial charge in [0.05, 0.1) is 57.6 Å². The average Bonchev–Trinajstić information content (AvgIpc) is 1.63. The molecule has 0 spiro atoms. The Morgan fingerprint density at radius 1 is 0.440 bits per heavy atom. The molecule has 740 valence electrons. The molecule has 0 unspecified atom stereocenters. The van der Waals surface area contributed by atoms with Crippen molar-refractivity contribution in [2.45, 2.75) is 236 Å². The number of carbonyl (C=O) groups excluding carboxylic acids is 18. The Morgan fingerprint density at radius 3 is 1.39 bits per heavy atom. The van der Waals surface area contributed by atoms with E-state index in [1.165, 1.54) is 33.9 Å². The third kappa shape index (κ3) is 41.6. The second-order valence-electron chi connectivity index (χ2n) is 33.0. The number of nitrogens with one attached hydrogen (secondary N) is 19. The van der Waals surface area contributed by atoms with E-state index in [4.69, 9.17) is 28.3 Å². The highest BCUT2D eigenvalue weighted by Crippen LogP contribution is 2.22. The van der Waals surface area contributed by atoms with Gasteiger partial charge in [-0.25, -0.2) is 0 Å². The highest BCUT2D eigenvalue weighted by Gasteiger charge is 2.42. The molecule has 0 fully saturated rings. The minimum absolute atomic E-state index is 0.000883. The first-order valence-electron chi connectivity index (χ1n) is 42.3. The average molecular weight is 1960 g/mol. The number of aliphatic hydroxyl groups excluding tert-OH is 2. The maximum absolute atomic E-state index is 14.5. The molecule has 0 aliphatic heterocycles. The van der Waals surface area contributed by atoms with Crippen molar-refractivity contribution in [3.8, 4) is 0 Å². The lowest BCUT2D eigenvalue weighted by Crippen LogP contribution is -2.64. The van der Waals surface area contributed by atoms with Crippen molar-refractivity contribution in [1.82, 2.24) is 95.4 Å². The molecular weight excluding hydrogens is 1830 g/mol. The van der Waals surface area contributed by atoms with Gasteiger partial charge in [0, 0.05) is 53.8 Å². The summed E-state index contributed by atoms with van der Waals surface area (Å²) in [4.78, 5) is 296. The van der Waals surface area contributed by atoms with Crippen LogP contribution in [-0.2, 0) is 118 Å². The molecule has 2 aromatic carbocycles. The molecule has 1 heterocycles. The van der Waals surface area contributed by atoms with E-state index in [1.54, 1.807) is 76.2 Å². The first-order chi connectivity index (χ1) is 62.6. The number of hydrogen-bond acceptors (Lipinski definition) is 26. The number of carboxylic acids is 4. The highest BCUT2D eigenvalue weighted by atomic mass is 79.9. The zero-order valence-corrected chi connectivity index (χ0v) is 76.7. The topological polar surface area (TPSA) is 845 Å². The number of H-pyrrole nitrogens is 1. The van der Waals surface area contributed by atoms with Crippen molar-refractivity contribution >= 4 is 163 Å². The molecule has 0 aliphatic rings. The predicted octanol–water partition coefficient (Wildman–Crippen LogP) is -8.47. The molecule has 3 aromatic rings. The summed E-state index contributed by atoms with van der Waals surface area (Å²) in [6.45, 7) is 9.04. The normalized spacial score (nSPS) is 14.3. The fourth-order valence-electron chi connectivity index (χ4n) is 12.8. The number of aromatic nitrogens is 1. The summed E-state index contributed by atoms with van der Waals surface area (Å²) >= 11 is 3.30. The fourth-order valence-corrected chi connectivity index (χ4v) is 13.0. The van der Waals surface area contributed by atoms with Crippen LogP contribution in [0.15, 0.2) is 59.2 Å². The summed E-state index contributed by atoms with van der Waals surface area (Å²) in [6.07, 6.45) is -7.13. The predicted molar refractivity (Wildman–Crippen MR) is 475 cm³/mol. The Morgan fingerprint density at radius 2 is 0.881 bits per heavy atom. The Hall–Kier alpha value is -14.0. The molecule has 0 bridgehead atoms. The van der Waals surface area contributed by atoms with Crippen LogP contribution in [0.2, 0.25) is 0 Å². The number of amides is 18. The SMILES string of the molecule is CC(C)C[C@H](NC(=O)[C@H](CC(=O)O)NC(=O)[C@H](CCC(=O)O)NC(=O)[C@@H](NC(=O)[C@H](CC(C)C)NC(=O)[C@H](CCC(=O)O)NC(=O)C(C)(C)NC(=O)[C@H](Cc1c[nH]c2ccccc12)NC(=O)[C@@H](NC(=O)[C@@H](N)CC(=O)O)[C@@H](C)O)C(C)C)C(=O)N[C@@H](CC(N)=O)C(=O)NCC(=O)NCC(=O)NCC(=O)N[C@@H](CO)C(=O)N[C@@H](Cc1ccc(Br)cc1)C(=O)N[C@@H](CCCNC(=N)N)C(N)=O. The number of aromatic amines is 1. The lowest BCUT2D eigenvalue weighted by molar-refractivity contribution is -0.142. The van der Waals surface area contributed by atoms with Crippen LogP contribution in [0, 0.1) is 23.2 Å². The first-order valence-corrected chi connectivity index (χ1v) is 43.0. The van der Waals surface area contributed by atoms with Crippen molar-refractivity contribution in [3.05, 3.63) is 70.3 Å². The number of rotatable bonds is 60. The maximum Gasteiger partial charge on any atom is 0.305 e. The van der Waals surface area contributed by atoms with Crippen LogP contribution >= 0.6 is 15.9 Å². The van der Waals surface area contributed by atoms with Gasteiger partial charge in [0.25, 0.3) is 0 Å². The summed E-state index contributed by atoms with van der Waals surface area (Å²) < 4.78 is 0.677. The van der Waals surface area contributed by atoms with E-state index in [0.717, 1.165) is 6.92 Å². The molecule has 0 radical (unpaired) electrons. The fraction of sp³-hybridized carbons (Fsp3) is 0.549. The number of carbonyl (C=O) groups is 22. The lowest BCUT2D eigenvalue weighted by atomic mass is 9.98. The van der Waals surface area contributed by atoms with E-state index < -0.39 is 309 Å². The molecule has 1 aromatic heterocycles. The number of guanidine groups is 1. The van der Waals surface area contributed by atoms with Crippen LogP contribution in [0.3, 0.4) is 0 Å². The Labute approximate surface area is 776 Å². The number of benzene rings is 2. The third-order valence-corrected chi connectivity index (χ3v) is 20.4. The molecule has 0 aliphatic carbocycles. The van der Waals surface area contributed by atoms with Crippen LogP contribution in [0.1, 0.15) is 144 Å². The minimum atomic E-state index is -2.17. The van der Waals surface area contributed by atoms with Gasteiger partial charge in [0.1, 0.15) is 78.0 Å². The van der Waals surface area contributed by atoms with Gasteiger partial charge in [-0.05, 0) is 106 Å². The summed E-state index contributed by atoms with van der Waals surface area (Å²) in [6, 6.07) is -9.18. The molecule has 51 nitrogen and oxygen atoms in total. The molecule has 18 amide bonds. The molecule has 33 N–H and O–H groups in total. The van der Waals surface area contributed by atoms with Gasteiger partial charge in [0.2, 0.25) is 106 Å². The van der Waals surface area contributed by atoms with E-state index in [2.05, 4.69) is 111 Å². The molecule has 3 rings (SSSR count). The number of aliphatic carboxylic acids is 4. The summed E-state index contributed by atoms with van der Waals surface area (Å²) in [5, 5.41) is 107. The zero-order valence-electron chi connectivity index (χ0n) is 75.1. The summed E-state index contributed by atoms with van der Waals surface area (Å²) in [7, 11) is 0. The summed E-state index contributed by atoms with van der Waals surface area (Å²) in [5.74, 6) is -29.0. The first kappa shape index (κ1) is 114. The monoisotopic (exact) mass is 1960 g/mol. The second-order valence-corrected chi connectivity index (χ2v) is 34.0. The zero-order chi connectivity index (χ0) is 101. The van der Waals surface area contributed by atoms with Gasteiger partial charge in [-0.1, -0.05) is 87.8 Å². The minimum Gasteiger partial charge on any atom is -0.481 e. The molecule has 0 saturated carbocycles. The number of aliphatic hydroxyl groups is 2. The van der Waals surface area contributed by atoms with E-state index in [0.29, 0.717) is 26.5 Å². The molecule has 14 atom stereocenters. The number of halogens is 1. The van der Waals surface area contributed by atoms with Crippen LogP contribution < -0.4 is 113 Å². The maximum atomic E-state index is 14.5. The molecule has 134 heavy (non-hydrogen) atoms. The van der Waals surface area contributed by atoms with Gasteiger partial charge >= 0.3 is 23.9 Å². The van der Waals surface area contributed by atoms with E-state index in [9.17, 15) is 136 Å². The standard InChI is InChI=1S/C82H122BrN23O28/c1-37(2)25-50(72(126)100-54(30-57(85)109)69(123)93-34-59(111)91-33-58(110)92-35-60(112)94-56(36-107)76(130)99-52(27-41-16-18-43(83)19-17-41)73(127)95-47(67(86)121)15-12-24-89-81(87)88)98-74(128)55(31-64(119)120)101-70(124)48(20-22-61(113)114)96-78(132)65(39(5)6)104-75(129)51(26-38(3)4)97-71(125)49(21-23-62(115)116)103-80(134)82(8,9)106-77(131)53(28-42-32-90-46-14-11-10-13-44(42)46)102-79(133)66(40(7)108)105-68(122)45(84)29-63(117)118/h10-11,13-14,16-19,32,37-40,45,47-56,65-66,90,107-108H,12,15,20-31,33-36,84H2,1-9H3,(H2,85,109)(H2,86,121)(H,91,111)(H,92,110)(H,93,123)(H,94,112)(H,95,127)(H,96,132)(H,97,125)(H,98,128)(H,99,130)(H,100,126)(H,101,124)(H,102,133)(H,103,134)(H,104,129)(H,105,122)(H,106,131)(H,113,114)(H,115,116)(H,117,118)(H,119,120)(H4,87,88,89)/t40-,45+,47+,48+,49+,50+,51+,52+,53+,54+,55+,56+,65+,66+/m1/s1. The third-order valence-electron chi connectivity index (χ3n) is 19.8. The molecular formula is C82H122BrN23O28. The Balaban J connectivity index is 1.78. The van der Waals surface area contributed by atoms with Crippen molar-refractivity contribution in [1.29, 1.82) is 5.41 Å². The van der Waals surface area contributed by atoms with E-state index in [1.807, 2.05) is 0 Å². The van der Waals surface area contributed by atoms with Crippen molar-refractivity contribution < 1.29 is 136 Å². The van der Waals surface area contributed by atoms with Crippen LogP contribution in [0.5, 0.6) is 0 Å². The van der Waals surface area contributed by atoms with Gasteiger partial charge in [0.15, 0.2) is 5.96 Å². The van der Waals surface area contributed by atoms with Crippen LogP contribution in [0.4, 0.5) is 0 Å². The smallest absolute Gasteiger partial charge is 0.305 e. The summed E-state index contributed by atoms with van der Waals surface area (Å²) in [5.41, 5.74) is 21.4. The number of para-hydroxylation sites is 1. The van der Waals surface area contributed by atoms with Gasteiger partial charge < -0.3 is 149 Å². The van der Waals surface area contributed by atoms with Gasteiger partial charge in [-0.15, -0.1) is 0 Å². The second kappa shape index (κ2) is 56.0. The Kier molecular flexibility index (Phi) is 47.7. The van der Waals surface area contributed by atoms with E-state index in [-0.39, 0.29) is 51.0 Å². The van der Waals surface area contributed by atoms with Crippen LogP contribution in [0.25, 0.3) is 10.9 Å². The van der Waals surface area contributed by atoms with Gasteiger partial charge in [-0.2, -0.15) is 0 Å². The number of nitrogens with two attached hydrogens (primary N) is 4. The van der Waals surface area contributed by atoms with E-state index >= 15 is 0 Å². The number of fused-ring (bicyclic) bond motifs is 1. The molecule has 0 saturated heterocycles. The highest BCUT2D eigenvalue weighted by molar-refractivity contribution is 9.10. The number of hydrogen-bond donors (Lipinski definition) is 29. The van der Waals surface area contributed by atoms with Crippen LogP contribution in [-0.4, -0.2) is 295 Å². The molecule has 52 heteroatoms. The Bertz CT molecular complexity index is 4720. The quantitative estimate of drug-likeness (QED) is 0.0142. The lowest BCUT2D eigenvalue weighted by Gasteiger charge is -2.31.